The zero-order valence-electron chi connectivity index (χ0n) is 18.5. The molecule has 0 radical (unpaired) electrons. The summed E-state index contributed by atoms with van der Waals surface area (Å²) in [6.45, 7) is 3.13. The van der Waals surface area contributed by atoms with Gasteiger partial charge in [0.05, 0.1) is 55.2 Å². The molecule has 2 unspecified atom stereocenters. The molecule has 174 valence electrons. The van der Waals surface area contributed by atoms with Gasteiger partial charge in [0.1, 0.15) is 11.6 Å². The molecule has 0 saturated carbocycles. The van der Waals surface area contributed by atoms with E-state index in [-0.39, 0.29) is 5.56 Å². The van der Waals surface area contributed by atoms with Crippen molar-refractivity contribution in [3.63, 3.8) is 0 Å². The van der Waals surface area contributed by atoms with Crippen LogP contribution in [-0.4, -0.2) is 37.4 Å². The lowest BCUT2D eigenvalue weighted by Gasteiger charge is -2.37. The summed E-state index contributed by atoms with van der Waals surface area (Å²) in [7, 11) is 1.65. The minimum Gasteiger partial charge on any atom is -0.495 e. The number of rotatable bonds is 6. The van der Waals surface area contributed by atoms with Crippen molar-refractivity contribution in [1.82, 2.24) is 4.98 Å². The number of alkyl halides is 2. The van der Waals surface area contributed by atoms with Crippen molar-refractivity contribution in [1.29, 1.82) is 0 Å². The fourth-order valence-electron chi connectivity index (χ4n) is 5.06. The summed E-state index contributed by atoms with van der Waals surface area (Å²) < 4.78 is 52.5. The summed E-state index contributed by atoms with van der Waals surface area (Å²) >= 11 is 0. The number of aromatic nitrogens is 1. The second kappa shape index (κ2) is 8.74. The fourth-order valence-corrected chi connectivity index (χ4v) is 5.06. The highest BCUT2D eigenvalue weighted by molar-refractivity contribution is 5.95. The molecule has 3 heterocycles. The first kappa shape index (κ1) is 21.8. The summed E-state index contributed by atoms with van der Waals surface area (Å²) in [5.41, 5.74) is 2.07. The van der Waals surface area contributed by atoms with Crippen LogP contribution < -0.4 is 15.0 Å². The molecule has 2 aliphatic heterocycles. The van der Waals surface area contributed by atoms with E-state index in [1.807, 2.05) is 12.1 Å². The van der Waals surface area contributed by atoms with Crippen molar-refractivity contribution in [2.45, 2.75) is 44.3 Å². The molecule has 3 aromatic rings. The molecule has 2 aromatic carbocycles. The number of hydrogen-bond donors (Lipinski definition) is 1. The monoisotopic (exact) mass is 457 g/mol. The number of nitrogens with zero attached hydrogens (tertiary/aromatic N) is 2. The molecular formula is C25H26F3N3O2. The largest absolute Gasteiger partial charge is 0.495 e. The highest BCUT2D eigenvalue weighted by Crippen LogP contribution is 2.42. The molecule has 5 nitrogen and oxygen atoms in total. The van der Waals surface area contributed by atoms with Crippen molar-refractivity contribution in [2.75, 3.05) is 30.5 Å². The topological polar surface area (TPSA) is 46.6 Å². The van der Waals surface area contributed by atoms with Crippen LogP contribution in [0, 0.1) is 5.82 Å². The molecule has 33 heavy (non-hydrogen) atoms. The third kappa shape index (κ3) is 3.86. The molecule has 0 spiro atoms. The molecule has 1 N–H and O–H groups in total. The molecule has 2 bridgehead atoms. The average molecular weight is 457 g/mol. The maximum absolute atomic E-state index is 14.7. The van der Waals surface area contributed by atoms with E-state index in [0.717, 1.165) is 46.9 Å². The van der Waals surface area contributed by atoms with E-state index in [9.17, 15) is 13.2 Å². The number of morpholine rings is 1. The van der Waals surface area contributed by atoms with Crippen LogP contribution in [0.3, 0.4) is 0 Å². The van der Waals surface area contributed by atoms with Gasteiger partial charge in [-0.05, 0) is 31.9 Å². The third-order valence-electron chi connectivity index (χ3n) is 6.69. The quantitative estimate of drug-likeness (QED) is 0.502. The Balaban J connectivity index is 1.54. The summed E-state index contributed by atoms with van der Waals surface area (Å²) in [5.74, 6) is -0.132. The molecule has 2 aliphatic rings. The smallest absolute Gasteiger partial charge is 0.266 e. The van der Waals surface area contributed by atoms with Crippen molar-refractivity contribution < 1.29 is 22.6 Å². The zero-order chi connectivity index (χ0) is 23.1. The Bertz CT molecular complexity index is 1160. The van der Waals surface area contributed by atoms with E-state index >= 15 is 0 Å². The number of methoxy groups -OCH3 is 1. The predicted molar refractivity (Wildman–Crippen MR) is 122 cm³/mol. The predicted octanol–water partition coefficient (Wildman–Crippen LogP) is 5.86. The van der Waals surface area contributed by atoms with Crippen molar-refractivity contribution in [3.8, 4) is 5.75 Å². The van der Waals surface area contributed by atoms with E-state index in [1.54, 1.807) is 20.2 Å². The van der Waals surface area contributed by atoms with Gasteiger partial charge in [-0.25, -0.2) is 13.2 Å². The summed E-state index contributed by atoms with van der Waals surface area (Å²) in [4.78, 5) is 6.87. The van der Waals surface area contributed by atoms with Crippen LogP contribution in [0.1, 0.15) is 43.4 Å². The minimum absolute atomic E-state index is 0.192. The maximum atomic E-state index is 14.7. The number of ether oxygens (including phenoxy) is 2. The second-order valence-electron chi connectivity index (χ2n) is 8.65. The van der Waals surface area contributed by atoms with E-state index in [2.05, 4.69) is 21.3 Å². The minimum atomic E-state index is -2.86. The van der Waals surface area contributed by atoms with E-state index in [0.29, 0.717) is 25.3 Å². The average Bonchev–Trinajstić information content (AvgIpc) is 3.05. The number of fused-ring (bicyclic) bond motifs is 3. The van der Waals surface area contributed by atoms with Gasteiger partial charge in [-0.3, -0.25) is 4.98 Å². The fraction of sp³-hybridized carbons (Fsp3) is 0.400. The molecule has 1 aromatic heterocycles. The van der Waals surface area contributed by atoms with Gasteiger partial charge < -0.3 is 19.7 Å². The lowest BCUT2D eigenvalue weighted by Crippen LogP contribution is -2.46. The van der Waals surface area contributed by atoms with Gasteiger partial charge in [-0.1, -0.05) is 18.2 Å². The number of pyridine rings is 1. The van der Waals surface area contributed by atoms with Gasteiger partial charge in [-0.2, -0.15) is 0 Å². The number of benzene rings is 2. The molecule has 0 aliphatic carbocycles. The Hall–Kier alpha value is -3.00. The first-order chi connectivity index (χ1) is 16.0. The maximum Gasteiger partial charge on any atom is 0.266 e. The standard InChI is InChI=1S/C25H26F3N3O2/c1-14(17-4-3-5-18(24(17)26)25(27)28)30-20-8-9-29-21-11-23(32-2)22(10-19(20)21)31-15-6-7-16(31)13-33-12-15/h3-5,8-11,14-16,25H,6-7,12-13H2,1-2H3,(H,29,30)/t14-,15?,16?/m1/s1. The Kier molecular flexibility index (Phi) is 5.78. The van der Waals surface area contributed by atoms with Gasteiger partial charge in [0.2, 0.25) is 0 Å². The Labute approximate surface area is 190 Å². The highest BCUT2D eigenvalue weighted by atomic mass is 19.3. The third-order valence-corrected chi connectivity index (χ3v) is 6.69. The zero-order valence-corrected chi connectivity index (χ0v) is 18.5. The van der Waals surface area contributed by atoms with Crippen LogP contribution in [0.2, 0.25) is 0 Å². The van der Waals surface area contributed by atoms with Crippen LogP contribution in [0.5, 0.6) is 5.75 Å². The number of nitrogens with one attached hydrogen (secondary N) is 1. The van der Waals surface area contributed by atoms with Gasteiger partial charge in [-0.15, -0.1) is 0 Å². The van der Waals surface area contributed by atoms with Gasteiger partial charge >= 0.3 is 0 Å². The van der Waals surface area contributed by atoms with Crippen molar-refractivity contribution in [2.24, 2.45) is 0 Å². The van der Waals surface area contributed by atoms with E-state index in [1.165, 1.54) is 12.1 Å². The van der Waals surface area contributed by atoms with Crippen molar-refractivity contribution >= 4 is 22.3 Å². The SMILES string of the molecule is COc1cc2nccc(N[C@H](C)c3cccc(C(F)F)c3F)c2cc1N1C2CCC1COC2. The molecule has 8 heteroatoms. The molecule has 3 atom stereocenters. The van der Waals surface area contributed by atoms with E-state index in [4.69, 9.17) is 9.47 Å². The summed E-state index contributed by atoms with van der Waals surface area (Å²) in [6, 6.07) is 9.96. The molecule has 2 saturated heterocycles. The normalized spacial score (nSPS) is 21.0. The number of hydrogen-bond acceptors (Lipinski definition) is 5. The lowest BCUT2D eigenvalue weighted by atomic mass is 10.0. The number of halogens is 3. The molecule has 0 amide bonds. The summed E-state index contributed by atoms with van der Waals surface area (Å²) in [5, 5.41) is 4.16. The first-order valence-electron chi connectivity index (χ1n) is 11.1. The van der Waals surface area contributed by atoms with Crippen molar-refractivity contribution in [3.05, 3.63) is 59.5 Å². The van der Waals surface area contributed by atoms with Crippen LogP contribution in [0.25, 0.3) is 10.9 Å². The van der Waals surface area contributed by atoms with E-state index < -0.39 is 23.8 Å². The van der Waals surface area contributed by atoms with Gasteiger partial charge in [0, 0.05) is 28.9 Å². The lowest BCUT2D eigenvalue weighted by molar-refractivity contribution is 0.0904. The van der Waals surface area contributed by atoms with Crippen LogP contribution in [0.15, 0.2) is 42.6 Å². The first-order valence-corrected chi connectivity index (χ1v) is 11.1. The van der Waals surface area contributed by atoms with Gasteiger partial charge in [0.25, 0.3) is 6.43 Å². The molecule has 2 fully saturated rings. The second-order valence-corrected chi connectivity index (χ2v) is 8.65. The summed E-state index contributed by atoms with van der Waals surface area (Å²) in [6.07, 6.45) is 0.945. The van der Waals surface area contributed by atoms with Crippen LogP contribution in [0.4, 0.5) is 24.5 Å². The van der Waals surface area contributed by atoms with Crippen LogP contribution in [-0.2, 0) is 4.74 Å². The van der Waals surface area contributed by atoms with Gasteiger partial charge in [0.15, 0.2) is 0 Å². The Morgan fingerprint density at radius 1 is 1.12 bits per heavy atom. The molecule has 5 rings (SSSR count). The Morgan fingerprint density at radius 3 is 2.55 bits per heavy atom. The van der Waals surface area contributed by atoms with Crippen LogP contribution >= 0.6 is 0 Å². The Morgan fingerprint density at radius 2 is 1.85 bits per heavy atom. The molecular weight excluding hydrogens is 431 g/mol. The number of anilines is 2. The highest BCUT2D eigenvalue weighted by Gasteiger charge is 2.39.